The van der Waals surface area contributed by atoms with Gasteiger partial charge in [0.2, 0.25) is 0 Å². The number of ether oxygens (including phenoxy) is 2. The van der Waals surface area contributed by atoms with Gasteiger partial charge in [0.15, 0.2) is 18.1 Å². The first-order valence-corrected chi connectivity index (χ1v) is 7.24. The average molecular weight is 302 g/mol. The van der Waals surface area contributed by atoms with Gasteiger partial charge in [-0.2, -0.15) is 5.26 Å². The molecule has 1 aromatic heterocycles. The lowest BCUT2D eigenvalue weighted by atomic mass is 10.3. The second-order valence-electron chi connectivity index (χ2n) is 3.99. The van der Waals surface area contributed by atoms with Gasteiger partial charge in [0.05, 0.1) is 12.2 Å². The third-order valence-corrected chi connectivity index (χ3v) is 3.38. The number of nitriles is 1. The van der Waals surface area contributed by atoms with Crippen LogP contribution >= 0.6 is 11.3 Å². The molecule has 0 aliphatic heterocycles. The molecule has 0 spiro atoms. The number of carbonyl (C=O) groups is 1. The number of nitrogens with zero attached hydrogens (tertiary/aromatic N) is 1. The molecule has 1 amide bonds. The maximum absolute atomic E-state index is 11.8. The Morgan fingerprint density at radius 1 is 1.29 bits per heavy atom. The number of thiophene rings is 1. The maximum Gasteiger partial charge on any atom is 0.262 e. The Labute approximate surface area is 126 Å². The van der Waals surface area contributed by atoms with Crippen molar-refractivity contribution in [1.29, 1.82) is 5.26 Å². The highest BCUT2D eigenvalue weighted by atomic mass is 32.1. The van der Waals surface area contributed by atoms with Crippen molar-refractivity contribution in [2.45, 2.75) is 6.92 Å². The van der Waals surface area contributed by atoms with E-state index in [-0.39, 0.29) is 12.5 Å². The predicted octanol–water partition coefficient (Wildman–Crippen LogP) is 3.04. The van der Waals surface area contributed by atoms with Crippen molar-refractivity contribution < 1.29 is 14.3 Å². The zero-order valence-corrected chi connectivity index (χ0v) is 12.3. The molecule has 0 atom stereocenters. The van der Waals surface area contributed by atoms with E-state index < -0.39 is 0 Å². The molecule has 6 heteroatoms. The van der Waals surface area contributed by atoms with Crippen LogP contribution in [0, 0.1) is 11.3 Å². The van der Waals surface area contributed by atoms with Crippen molar-refractivity contribution in [2.75, 3.05) is 18.5 Å². The molecule has 0 aliphatic carbocycles. The minimum atomic E-state index is -0.319. The molecule has 1 N–H and O–H groups in total. The van der Waals surface area contributed by atoms with E-state index in [9.17, 15) is 4.79 Å². The SMILES string of the molecule is CCOc1ccccc1OCC(=O)Nc1sccc1C#N. The maximum atomic E-state index is 11.8. The van der Waals surface area contributed by atoms with Gasteiger partial charge in [-0.25, -0.2) is 0 Å². The van der Waals surface area contributed by atoms with E-state index in [1.807, 2.05) is 25.1 Å². The van der Waals surface area contributed by atoms with Crippen LogP contribution in [0.1, 0.15) is 12.5 Å². The summed E-state index contributed by atoms with van der Waals surface area (Å²) in [7, 11) is 0. The normalized spacial score (nSPS) is 9.71. The highest BCUT2D eigenvalue weighted by Gasteiger charge is 2.10. The van der Waals surface area contributed by atoms with Gasteiger partial charge in [0.1, 0.15) is 11.1 Å². The number of nitrogens with one attached hydrogen (secondary N) is 1. The Morgan fingerprint density at radius 2 is 2.00 bits per heavy atom. The van der Waals surface area contributed by atoms with E-state index >= 15 is 0 Å². The topological polar surface area (TPSA) is 71.3 Å². The lowest BCUT2D eigenvalue weighted by Gasteiger charge is -2.11. The lowest BCUT2D eigenvalue weighted by Crippen LogP contribution is -2.20. The van der Waals surface area contributed by atoms with Crippen LogP contribution in [0.25, 0.3) is 0 Å². The molecule has 0 saturated heterocycles. The van der Waals surface area contributed by atoms with Crippen molar-refractivity contribution in [3.8, 4) is 17.6 Å². The summed E-state index contributed by atoms with van der Waals surface area (Å²) >= 11 is 1.30. The van der Waals surface area contributed by atoms with Crippen molar-refractivity contribution in [1.82, 2.24) is 0 Å². The summed E-state index contributed by atoms with van der Waals surface area (Å²) in [5.74, 6) is 0.795. The number of benzene rings is 1. The fourth-order valence-corrected chi connectivity index (χ4v) is 2.40. The van der Waals surface area contributed by atoms with Crippen molar-refractivity contribution >= 4 is 22.2 Å². The van der Waals surface area contributed by atoms with E-state index in [1.165, 1.54) is 11.3 Å². The van der Waals surface area contributed by atoms with Gasteiger partial charge in [-0.15, -0.1) is 11.3 Å². The summed E-state index contributed by atoms with van der Waals surface area (Å²) in [5.41, 5.74) is 0.447. The minimum Gasteiger partial charge on any atom is -0.490 e. The Balaban J connectivity index is 1.94. The third kappa shape index (κ3) is 3.97. The number of anilines is 1. The van der Waals surface area contributed by atoms with Crippen molar-refractivity contribution in [2.24, 2.45) is 0 Å². The van der Waals surface area contributed by atoms with Crippen LogP contribution in [-0.4, -0.2) is 19.1 Å². The van der Waals surface area contributed by atoms with Crippen molar-refractivity contribution in [3.63, 3.8) is 0 Å². The molecule has 5 nitrogen and oxygen atoms in total. The number of rotatable bonds is 6. The number of carbonyl (C=O) groups excluding carboxylic acids is 1. The predicted molar refractivity (Wildman–Crippen MR) is 80.8 cm³/mol. The van der Waals surface area contributed by atoms with E-state index in [2.05, 4.69) is 5.32 Å². The first-order valence-electron chi connectivity index (χ1n) is 6.36. The molecule has 0 bridgehead atoms. The summed E-state index contributed by atoms with van der Waals surface area (Å²) in [5, 5.41) is 13.8. The fourth-order valence-electron chi connectivity index (χ4n) is 1.64. The lowest BCUT2D eigenvalue weighted by molar-refractivity contribution is -0.118. The van der Waals surface area contributed by atoms with Crippen LogP contribution in [-0.2, 0) is 4.79 Å². The summed E-state index contributed by atoms with van der Waals surface area (Å²) in [6, 6.07) is 10.8. The number of hydrogen-bond donors (Lipinski definition) is 1. The molecule has 108 valence electrons. The molecule has 1 heterocycles. The molecule has 21 heavy (non-hydrogen) atoms. The number of para-hydroxylation sites is 2. The Bertz CT molecular complexity index is 661. The van der Waals surface area contributed by atoms with E-state index in [0.717, 1.165) is 0 Å². The number of hydrogen-bond acceptors (Lipinski definition) is 5. The fraction of sp³-hybridized carbons (Fsp3) is 0.200. The van der Waals surface area contributed by atoms with Gasteiger partial charge in [-0.1, -0.05) is 12.1 Å². The van der Waals surface area contributed by atoms with Crippen LogP contribution in [0.15, 0.2) is 35.7 Å². The molecular formula is C15H14N2O3S. The van der Waals surface area contributed by atoms with Crippen LogP contribution in [0.2, 0.25) is 0 Å². The zero-order chi connectivity index (χ0) is 15.1. The van der Waals surface area contributed by atoms with Gasteiger partial charge in [0, 0.05) is 0 Å². The van der Waals surface area contributed by atoms with Crippen LogP contribution < -0.4 is 14.8 Å². The monoisotopic (exact) mass is 302 g/mol. The summed E-state index contributed by atoms with van der Waals surface area (Å²) < 4.78 is 10.9. The molecule has 1 aromatic carbocycles. The van der Waals surface area contributed by atoms with Crippen molar-refractivity contribution in [3.05, 3.63) is 41.3 Å². The first-order chi connectivity index (χ1) is 10.2. The Morgan fingerprint density at radius 3 is 2.67 bits per heavy atom. The molecular weight excluding hydrogens is 288 g/mol. The second kappa shape index (κ2) is 7.31. The van der Waals surface area contributed by atoms with E-state index in [0.29, 0.717) is 28.7 Å². The summed E-state index contributed by atoms with van der Waals surface area (Å²) in [4.78, 5) is 11.8. The Hall–Kier alpha value is -2.52. The molecule has 0 radical (unpaired) electrons. The van der Waals surface area contributed by atoms with Gasteiger partial charge >= 0.3 is 0 Å². The average Bonchev–Trinajstić information content (AvgIpc) is 2.94. The standard InChI is InChI=1S/C15H14N2O3S/c1-2-19-12-5-3-4-6-13(12)20-10-14(18)17-15-11(9-16)7-8-21-15/h3-8H,2,10H2,1H3,(H,17,18). The molecule has 0 saturated carbocycles. The zero-order valence-electron chi connectivity index (χ0n) is 11.5. The summed E-state index contributed by atoms with van der Waals surface area (Å²) in [6.45, 7) is 2.25. The second-order valence-corrected chi connectivity index (χ2v) is 4.91. The minimum absolute atomic E-state index is 0.146. The quantitative estimate of drug-likeness (QED) is 0.890. The first kappa shape index (κ1) is 14.9. The molecule has 2 rings (SSSR count). The molecule has 0 unspecified atom stereocenters. The van der Waals surface area contributed by atoms with E-state index in [1.54, 1.807) is 23.6 Å². The number of amides is 1. The van der Waals surface area contributed by atoms with Crippen LogP contribution in [0.5, 0.6) is 11.5 Å². The largest absolute Gasteiger partial charge is 0.490 e. The van der Waals surface area contributed by atoms with Crippen LogP contribution in [0.4, 0.5) is 5.00 Å². The highest BCUT2D eigenvalue weighted by molar-refractivity contribution is 7.14. The highest BCUT2D eigenvalue weighted by Crippen LogP contribution is 2.26. The van der Waals surface area contributed by atoms with Crippen LogP contribution in [0.3, 0.4) is 0 Å². The Kier molecular flexibility index (Phi) is 5.18. The smallest absolute Gasteiger partial charge is 0.262 e. The molecule has 0 aliphatic rings. The van der Waals surface area contributed by atoms with Gasteiger partial charge < -0.3 is 14.8 Å². The van der Waals surface area contributed by atoms with Gasteiger partial charge in [-0.05, 0) is 30.5 Å². The van der Waals surface area contributed by atoms with Gasteiger partial charge in [0.25, 0.3) is 5.91 Å². The third-order valence-electron chi connectivity index (χ3n) is 2.55. The summed E-state index contributed by atoms with van der Waals surface area (Å²) in [6.07, 6.45) is 0. The molecule has 0 fully saturated rings. The van der Waals surface area contributed by atoms with Gasteiger partial charge in [-0.3, -0.25) is 4.79 Å². The molecule has 2 aromatic rings. The van der Waals surface area contributed by atoms with E-state index in [4.69, 9.17) is 14.7 Å².